The summed E-state index contributed by atoms with van der Waals surface area (Å²) in [4.78, 5) is 11.6. The van der Waals surface area contributed by atoms with E-state index in [1.807, 2.05) is 48.5 Å². The van der Waals surface area contributed by atoms with Crippen LogP contribution in [0, 0.1) is 0 Å². The molecular formula is C61H56N6O3Si. The molecule has 0 saturated carbocycles. The molecule has 0 aliphatic rings. The molecule has 0 spiro atoms. The Morgan fingerprint density at radius 2 is 1.07 bits per heavy atom. The number of rotatable bonds is 17. The van der Waals surface area contributed by atoms with E-state index in [0.717, 1.165) is 56.6 Å². The molecule has 3 aromatic heterocycles. The van der Waals surface area contributed by atoms with E-state index in [4.69, 9.17) is 39.3 Å². The molecule has 71 heavy (non-hydrogen) atoms. The van der Waals surface area contributed by atoms with E-state index < -0.39 is 13.9 Å². The van der Waals surface area contributed by atoms with Gasteiger partial charge in [0.25, 0.3) is 8.32 Å². The van der Waals surface area contributed by atoms with Gasteiger partial charge in [-0.05, 0) is 66.5 Å². The van der Waals surface area contributed by atoms with Crippen molar-refractivity contribution >= 4 is 29.7 Å². The van der Waals surface area contributed by atoms with Crippen molar-refractivity contribution in [1.29, 1.82) is 0 Å². The molecular weight excluding hydrogens is 893 g/mol. The van der Waals surface area contributed by atoms with Gasteiger partial charge in [-0.25, -0.2) is 4.98 Å². The fraction of sp³-hybridized carbons (Fsp3) is 0.164. The lowest BCUT2D eigenvalue weighted by molar-refractivity contribution is 0.203. The quantitative estimate of drug-likeness (QED) is 0.0506. The van der Waals surface area contributed by atoms with Gasteiger partial charge in [-0.2, -0.15) is 0 Å². The maximum absolute atomic E-state index is 7.08. The second-order valence-corrected chi connectivity index (χ2v) is 22.9. The third kappa shape index (κ3) is 9.27. The van der Waals surface area contributed by atoms with E-state index in [1.165, 1.54) is 10.4 Å². The first kappa shape index (κ1) is 46.7. The van der Waals surface area contributed by atoms with E-state index in [-0.39, 0.29) is 5.04 Å². The van der Waals surface area contributed by atoms with Crippen molar-refractivity contribution in [2.75, 3.05) is 13.2 Å². The number of benzene rings is 7. The first-order valence-electron chi connectivity index (χ1n) is 24.2. The molecule has 0 amide bonds. The van der Waals surface area contributed by atoms with Crippen molar-refractivity contribution < 1.29 is 13.9 Å². The second-order valence-electron chi connectivity index (χ2n) is 18.6. The number of hydrogen-bond donors (Lipinski definition) is 0. The number of ether oxygens (including phenoxy) is 2. The molecule has 0 aliphatic carbocycles. The largest absolute Gasteiger partial charge is 0.486 e. The molecule has 0 N–H and O–H groups in total. The topological polar surface area (TPSA) is 97.1 Å². The molecule has 0 fully saturated rings. The van der Waals surface area contributed by atoms with Crippen LogP contribution in [0.25, 0.3) is 33.5 Å². The fourth-order valence-corrected chi connectivity index (χ4v) is 14.4. The van der Waals surface area contributed by atoms with E-state index in [0.29, 0.717) is 42.8 Å². The standard InChI is InChI=1S/C61H56N6O3Si/c1-5-50-43-56(58-55(62-50)39-40-57(63-58)68-41-42-70-71(60(2,3)4,51-29-17-9-18-30-51)52-31-19-10-20-32-52)69-44-45-35-37-46(38-36-45)53-33-21-22-34-54(53)59-64-66-67(65-59)61(47-23-11-6-12-24-47,48-25-13-7-14-26-48)49-27-15-8-16-28-49/h6-40,43H,5,41-42,44H2,1-4H3. The zero-order valence-electron chi connectivity index (χ0n) is 40.5. The first-order valence-corrected chi connectivity index (χ1v) is 26.2. The lowest BCUT2D eigenvalue weighted by Crippen LogP contribution is -2.66. The molecule has 0 aliphatic heterocycles. The first-order chi connectivity index (χ1) is 34.8. The summed E-state index contributed by atoms with van der Waals surface area (Å²) in [5.74, 6) is 1.67. The highest BCUT2D eigenvalue weighted by atomic mass is 28.4. The van der Waals surface area contributed by atoms with Gasteiger partial charge in [0.2, 0.25) is 11.7 Å². The SMILES string of the molecule is CCc1cc(OCc2ccc(-c3ccccc3-c3nnn(C(c4ccccc4)(c4ccccc4)c4ccccc4)n3)cc2)c2nc(OCCO[Si](c3ccccc3)(c3ccccc3)C(C)(C)C)ccc2n1. The van der Waals surface area contributed by atoms with Crippen LogP contribution >= 0.6 is 0 Å². The summed E-state index contributed by atoms with van der Waals surface area (Å²) in [7, 11) is -2.71. The molecule has 9 nitrogen and oxygen atoms in total. The highest BCUT2D eigenvalue weighted by molar-refractivity contribution is 6.99. The van der Waals surface area contributed by atoms with Crippen molar-refractivity contribution in [3.05, 3.63) is 246 Å². The maximum atomic E-state index is 7.08. The van der Waals surface area contributed by atoms with Crippen molar-refractivity contribution in [2.24, 2.45) is 0 Å². The molecule has 10 heteroatoms. The summed E-state index contributed by atoms with van der Waals surface area (Å²) in [5, 5.41) is 17.1. The van der Waals surface area contributed by atoms with Gasteiger partial charge in [0.1, 0.15) is 24.5 Å². The summed E-state index contributed by atoms with van der Waals surface area (Å²) in [5.41, 5.74) is 8.40. The number of pyridine rings is 2. The number of fused-ring (bicyclic) bond motifs is 1. The lowest BCUT2D eigenvalue weighted by atomic mass is 9.77. The average Bonchev–Trinajstić information content (AvgIpc) is 3.92. The van der Waals surface area contributed by atoms with Crippen molar-refractivity contribution in [2.45, 2.75) is 51.3 Å². The van der Waals surface area contributed by atoms with E-state index >= 15 is 0 Å². The zero-order chi connectivity index (χ0) is 48.7. The minimum absolute atomic E-state index is 0.139. The molecule has 0 atom stereocenters. The predicted molar refractivity (Wildman–Crippen MR) is 286 cm³/mol. The van der Waals surface area contributed by atoms with Crippen LogP contribution in [0.3, 0.4) is 0 Å². The summed E-state index contributed by atoms with van der Waals surface area (Å²) >= 11 is 0. The highest BCUT2D eigenvalue weighted by Crippen LogP contribution is 2.41. The number of aromatic nitrogens is 6. The van der Waals surface area contributed by atoms with Gasteiger partial charge < -0.3 is 13.9 Å². The molecule has 0 radical (unpaired) electrons. The Morgan fingerprint density at radius 3 is 1.62 bits per heavy atom. The smallest absolute Gasteiger partial charge is 0.261 e. The van der Waals surface area contributed by atoms with Gasteiger partial charge in [0.15, 0.2) is 5.54 Å². The van der Waals surface area contributed by atoms with Crippen LogP contribution in [-0.2, 0) is 23.0 Å². The van der Waals surface area contributed by atoms with Crippen LogP contribution in [0.15, 0.2) is 218 Å². The summed E-state index contributed by atoms with van der Waals surface area (Å²) in [6.07, 6.45) is 0.757. The Balaban J connectivity index is 0.880. The molecule has 352 valence electrons. The van der Waals surface area contributed by atoms with Crippen LogP contribution in [0.4, 0.5) is 0 Å². The fourth-order valence-electron chi connectivity index (χ4n) is 9.81. The van der Waals surface area contributed by atoms with Gasteiger partial charge in [-0.15, -0.1) is 15.0 Å². The molecule has 0 unspecified atom stereocenters. The monoisotopic (exact) mass is 948 g/mol. The highest BCUT2D eigenvalue weighted by Gasteiger charge is 2.50. The second kappa shape index (κ2) is 20.5. The minimum Gasteiger partial charge on any atom is -0.486 e. The van der Waals surface area contributed by atoms with Crippen LogP contribution in [0.2, 0.25) is 5.04 Å². The Labute approximate surface area is 416 Å². The molecule has 3 heterocycles. The maximum Gasteiger partial charge on any atom is 0.261 e. The third-order valence-electron chi connectivity index (χ3n) is 13.2. The Bertz CT molecular complexity index is 3200. The number of hydrogen-bond acceptors (Lipinski definition) is 8. The average molecular weight is 949 g/mol. The summed E-state index contributed by atoms with van der Waals surface area (Å²) in [6, 6.07) is 74.9. The van der Waals surface area contributed by atoms with E-state index in [1.54, 1.807) is 4.80 Å². The minimum atomic E-state index is -2.71. The molecule has 0 saturated heterocycles. The molecule has 7 aromatic carbocycles. The van der Waals surface area contributed by atoms with E-state index in [2.05, 4.69) is 198 Å². The zero-order valence-corrected chi connectivity index (χ0v) is 41.5. The summed E-state index contributed by atoms with van der Waals surface area (Å²) in [6.45, 7) is 9.99. The van der Waals surface area contributed by atoms with Gasteiger partial charge in [-0.1, -0.05) is 228 Å². The van der Waals surface area contributed by atoms with Gasteiger partial charge in [0.05, 0.1) is 12.1 Å². The summed E-state index contributed by atoms with van der Waals surface area (Å²) < 4.78 is 20.0. The van der Waals surface area contributed by atoms with Gasteiger partial charge in [0, 0.05) is 23.4 Å². The molecule has 10 aromatic rings. The number of tetrazole rings is 1. The van der Waals surface area contributed by atoms with Crippen LogP contribution in [-0.4, -0.2) is 51.7 Å². The van der Waals surface area contributed by atoms with Gasteiger partial charge >= 0.3 is 0 Å². The Hall–Kier alpha value is -8.05. The van der Waals surface area contributed by atoms with Crippen LogP contribution in [0.1, 0.15) is 55.6 Å². The Kier molecular flexibility index (Phi) is 13.5. The predicted octanol–water partition coefficient (Wildman–Crippen LogP) is 11.9. The molecule has 10 rings (SSSR count). The lowest BCUT2D eigenvalue weighted by Gasteiger charge is -2.43. The molecule has 0 bridgehead atoms. The van der Waals surface area contributed by atoms with Gasteiger partial charge in [-0.3, -0.25) is 4.98 Å². The van der Waals surface area contributed by atoms with Crippen molar-refractivity contribution in [3.8, 4) is 34.1 Å². The third-order valence-corrected chi connectivity index (χ3v) is 18.2. The normalized spacial score (nSPS) is 11.9. The Morgan fingerprint density at radius 1 is 0.535 bits per heavy atom. The van der Waals surface area contributed by atoms with Crippen molar-refractivity contribution in [3.63, 3.8) is 0 Å². The number of nitrogens with zero attached hydrogens (tertiary/aromatic N) is 6. The van der Waals surface area contributed by atoms with E-state index in [9.17, 15) is 0 Å². The van der Waals surface area contributed by atoms with Crippen molar-refractivity contribution in [1.82, 2.24) is 30.2 Å². The number of aryl methyl sites for hydroxylation is 1. The van der Waals surface area contributed by atoms with Crippen LogP contribution < -0.4 is 19.8 Å². The van der Waals surface area contributed by atoms with Crippen LogP contribution in [0.5, 0.6) is 11.6 Å².